The summed E-state index contributed by atoms with van der Waals surface area (Å²) < 4.78 is 22.5. The van der Waals surface area contributed by atoms with Gasteiger partial charge in [-0.1, -0.05) is 0 Å². The van der Waals surface area contributed by atoms with E-state index in [-0.39, 0.29) is 23.1 Å². The molecule has 0 spiro atoms. The predicted molar refractivity (Wildman–Crippen MR) is 66.5 cm³/mol. The van der Waals surface area contributed by atoms with E-state index in [0.29, 0.717) is 18.7 Å². The fourth-order valence-corrected chi connectivity index (χ4v) is 3.38. The van der Waals surface area contributed by atoms with Crippen LogP contribution in [0.25, 0.3) is 0 Å². The van der Waals surface area contributed by atoms with E-state index in [1.54, 1.807) is 0 Å². The summed E-state index contributed by atoms with van der Waals surface area (Å²) in [6.07, 6.45) is 2.48. The Bertz CT molecular complexity index is 542. The van der Waals surface area contributed by atoms with Crippen LogP contribution >= 0.6 is 0 Å². The number of carbonyl (C=O) groups is 1. The molecule has 0 saturated carbocycles. The minimum atomic E-state index is -2.88. The van der Waals surface area contributed by atoms with Crippen LogP contribution in [0.4, 0.5) is 5.82 Å². The molecule has 1 aliphatic heterocycles. The molecule has 0 amide bonds. The summed E-state index contributed by atoms with van der Waals surface area (Å²) in [6, 6.07) is 2.90. The summed E-state index contributed by atoms with van der Waals surface area (Å²) >= 11 is 0. The van der Waals surface area contributed by atoms with Crippen LogP contribution in [0.15, 0.2) is 18.3 Å². The number of sulfone groups is 1. The number of rotatable bonds is 3. The molecule has 0 bridgehead atoms. The van der Waals surface area contributed by atoms with Crippen LogP contribution in [0.5, 0.6) is 0 Å². The number of hydrogen-bond donors (Lipinski definition) is 2. The van der Waals surface area contributed by atoms with Gasteiger partial charge in [-0.3, -0.25) is 0 Å². The van der Waals surface area contributed by atoms with Crippen LogP contribution in [0.1, 0.15) is 23.2 Å². The SMILES string of the molecule is O=C(O)c1ccnc(NC2CCS(=O)(=O)CC2)c1. The number of carboxylic acid groups (broad SMARTS) is 1. The lowest BCUT2D eigenvalue weighted by molar-refractivity contribution is 0.0697. The third kappa shape index (κ3) is 3.19. The maximum absolute atomic E-state index is 11.3. The maximum Gasteiger partial charge on any atom is 0.335 e. The molecular weight excluding hydrogens is 256 g/mol. The third-order valence-corrected chi connectivity index (χ3v) is 4.63. The number of nitrogens with one attached hydrogen (secondary N) is 1. The molecule has 2 heterocycles. The highest BCUT2D eigenvalue weighted by molar-refractivity contribution is 7.91. The van der Waals surface area contributed by atoms with E-state index in [1.807, 2.05) is 0 Å². The number of hydrogen-bond acceptors (Lipinski definition) is 5. The van der Waals surface area contributed by atoms with Gasteiger partial charge in [0.2, 0.25) is 0 Å². The van der Waals surface area contributed by atoms with Crippen LogP contribution in [-0.4, -0.2) is 42.0 Å². The van der Waals surface area contributed by atoms with Crippen LogP contribution in [0.3, 0.4) is 0 Å². The van der Waals surface area contributed by atoms with Crippen molar-refractivity contribution in [2.75, 3.05) is 16.8 Å². The molecule has 98 valence electrons. The Morgan fingerprint density at radius 1 is 1.39 bits per heavy atom. The third-order valence-electron chi connectivity index (χ3n) is 2.91. The molecule has 18 heavy (non-hydrogen) atoms. The Morgan fingerprint density at radius 3 is 2.67 bits per heavy atom. The normalized spacial score (nSPS) is 19.3. The number of aromatic nitrogens is 1. The van der Waals surface area contributed by atoms with Crippen molar-refractivity contribution in [3.8, 4) is 0 Å². The lowest BCUT2D eigenvalue weighted by Crippen LogP contribution is -2.32. The van der Waals surface area contributed by atoms with E-state index in [0.717, 1.165) is 0 Å². The minimum absolute atomic E-state index is 0.0325. The highest BCUT2D eigenvalue weighted by atomic mass is 32.2. The molecular formula is C11H14N2O4S. The van der Waals surface area contributed by atoms with Gasteiger partial charge >= 0.3 is 5.97 Å². The fourth-order valence-electron chi connectivity index (χ4n) is 1.89. The number of aromatic carboxylic acids is 1. The molecule has 0 atom stereocenters. The van der Waals surface area contributed by atoms with Crippen molar-refractivity contribution in [2.24, 2.45) is 0 Å². The first-order valence-corrected chi connectivity index (χ1v) is 7.45. The van der Waals surface area contributed by atoms with E-state index in [4.69, 9.17) is 5.11 Å². The largest absolute Gasteiger partial charge is 0.478 e. The Labute approximate surface area is 105 Å². The quantitative estimate of drug-likeness (QED) is 0.842. The zero-order chi connectivity index (χ0) is 13.2. The molecule has 0 unspecified atom stereocenters. The van der Waals surface area contributed by atoms with Crippen molar-refractivity contribution in [1.29, 1.82) is 0 Å². The summed E-state index contributed by atoms with van der Waals surface area (Å²) in [4.78, 5) is 14.8. The van der Waals surface area contributed by atoms with Crippen molar-refractivity contribution in [2.45, 2.75) is 18.9 Å². The molecule has 1 aromatic heterocycles. The van der Waals surface area contributed by atoms with Gasteiger partial charge in [0, 0.05) is 12.2 Å². The highest BCUT2D eigenvalue weighted by Gasteiger charge is 2.23. The number of pyridine rings is 1. The first-order valence-electron chi connectivity index (χ1n) is 5.62. The van der Waals surface area contributed by atoms with E-state index >= 15 is 0 Å². The fraction of sp³-hybridized carbons (Fsp3) is 0.455. The van der Waals surface area contributed by atoms with Crippen LogP contribution in [-0.2, 0) is 9.84 Å². The Kier molecular flexibility index (Phi) is 3.51. The molecule has 1 fully saturated rings. The van der Waals surface area contributed by atoms with Gasteiger partial charge in [0.25, 0.3) is 0 Å². The Morgan fingerprint density at radius 2 is 2.06 bits per heavy atom. The monoisotopic (exact) mass is 270 g/mol. The van der Waals surface area contributed by atoms with E-state index < -0.39 is 15.8 Å². The van der Waals surface area contributed by atoms with E-state index in [1.165, 1.54) is 18.3 Å². The van der Waals surface area contributed by atoms with Gasteiger partial charge in [-0.05, 0) is 25.0 Å². The molecule has 7 heteroatoms. The molecule has 1 saturated heterocycles. The molecule has 0 aromatic carbocycles. The van der Waals surface area contributed by atoms with Gasteiger partial charge < -0.3 is 10.4 Å². The van der Waals surface area contributed by atoms with Gasteiger partial charge in [-0.15, -0.1) is 0 Å². The first-order chi connectivity index (χ1) is 8.46. The van der Waals surface area contributed by atoms with Gasteiger partial charge in [-0.2, -0.15) is 0 Å². The average Bonchev–Trinajstić information content (AvgIpc) is 2.32. The predicted octanol–water partition coefficient (Wildman–Crippen LogP) is 0.769. The van der Waals surface area contributed by atoms with E-state index in [2.05, 4.69) is 10.3 Å². The Hall–Kier alpha value is -1.63. The minimum Gasteiger partial charge on any atom is -0.478 e. The van der Waals surface area contributed by atoms with Gasteiger partial charge in [-0.25, -0.2) is 18.2 Å². The van der Waals surface area contributed by atoms with Gasteiger partial charge in [0.15, 0.2) is 0 Å². The molecule has 6 nitrogen and oxygen atoms in total. The summed E-state index contributed by atoms with van der Waals surface area (Å²) in [6.45, 7) is 0. The Balaban J connectivity index is 2.02. The second-order valence-corrected chi connectivity index (χ2v) is 6.61. The number of carboxylic acids is 1. The van der Waals surface area contributed by atoms with Crippen LogP contribution in [0.2, 0.25) is 0 Å². The average molecular weight is 270 g/mol. The highest BCUT2D eigenvalue weighted by Crippen LogP contribution is 2.17. The van der Waals surface area contributed by atoms with Crippen molar-refractivity contribution in [3.05, 3.63) is 23.9 Å². The standard InChI is InChI=1S/C11H14N2O4S/c14-11(15)8-1-4-12-10(7-8)13-9-2-5-18(16,17)6-3-9/h1,4,7,9H,2-3,5-6H2,(H,12,13)(H,14,15). The molecule has 1 aliphatic rings. The molecule has 2 N–H and O–H groups in total. The molecule has 2 rings (SSSR count). The topological polar surface area (TPSA) is 96.4 Å². The summed E-state index contributed by atoms with van der Waals surface area (Å²) in [7, 11) is -2.88. The van der Waals surface area contributed by atoms with E-state index in [9.17, 15) is 13.2 Å². The maximum atomic E-state index is 11.3. The summed E-state index contributed by atoms with van der Waals surface area (Å²) in [5.41, 5.74) is 0.163. The lowest BCUT2D eigenvalue weighted by Gasteiger charge is -2.23. The van der Waals surface area contributed by atoms with Crippen molar-refractivity contribution in [3.63, 3.8) is 0 Å². The van der Waals surface area contributed by atoms with Gasteiger partial charge in [0.05, 0.1) is 17.1 Å². The van der Waals surface area contributed by atoms with Gasteiger partial charge in [0.1, 0.15) is 15.7 Å². The first kappa shape index (κ1) is 12.8. The molecule has 1 aromatic rings. The molecule has 0 aliphatic carbocycles. The summed E-state index contributed by atoms with van der Waals surface area (Å²) in [5.74, 6) is -0.196. The number of anilines is 1. The second-order valence-electron chi connectivity index (χ2n) is 4.31. The van der Waals surface area contributed by atoms with Crippen molar-refractivity contribution in [1.82, 2.24) is 4.98 Å². The van der Waals surface area contributed by atoms with Crippen LogP contribution in [0, 0.1) is 0 Å². The zero-order valence-electron chi connectivity index (χ0n) is 9.67. The second kappa shape index (κ2) is 4.93. The molecule has 0 radical (unpaired) electrons. The van der Waals surface area contributed by atoms with Crippen molar-refractivity contribution >= 4 is 21.6 Å². The summed E-state index contributed by atoms with van der Waals surface area (Å²) in [5, 5.41) is 11.9. The lowest BCUT2D eigenvalue weighted by atomic mass is 10.1. The smallest absolute Gasteiger partial charge is 0.335 e. The number of nitrogens with zero attached hydrogens (tertiary/aromatic N) is 1. The zero-order valence-corrected chi connectivity index (χ0v) is 10.5. The van der Waals surface area contributed by atoms with Crippen molar-refractivity contribution < 1.29 is 18.3 Å². The van der Waals surface area contributed by atoms with Crippen LogP contribution < -0.4 is 5.32 Å².